The Morgan fingerprint density at radius 1 is 1.32 bits per heavy atom. The first-order valence-electron chi connectivity index (χ1n) is 5.89. The first-order valence-corrected chi connectivity index (χ1v) is 6.65. The second-order valence-electron chi connectivity index (χ2n) is 4.53. The summed E-state index contributed by atoms with van der Waals surface area (Å²) in [4.78, 5) is 7.33. The van der Waals surface area contributed by atoms with Crippen molar-refractivity contribution in [2.75, 3.05) is 0 Å². The van der Waals surface area contributed by atoms with Gasteiger partial charge in [0.25, 0.3) is 0 Å². The van der Waals surface area contributed by atoms with E-state index in [9.17, 15) is 4.39 Å². The van der Waals surface area contributed by atoms with Crippen molar-refractivity contribution in [3.63, 3.8) is 0 Å². The number of hydrogen-bond acceptors (Lipinski definition) is 2. The topological polar surface area (TPSA) is 40.7 Å². The highest BCUT2D eigenvalue weighted by Crippen LogP contribution is 2.31. The Labute approximate surface area is 121 Å². The zero-order valence-corrected chi connectivity index (χ0v) is 12.1. The van der Waals surface area contributed by atoms with Crippen LogP contribution in [0.1, 0.15) is 19.7 Å². The molecule has 0 aliphatic heterocycles. The van der Waals surface area contributed by atoms with Gasteiger partial charge in [-0.05, 0) is 12.1 Å². The second-order valence-corrected chi connectivity index (χ2v) is 5.34. The highest BCUT2D eigenvalue weighted by Gasteiger charge is 2.11. The fourth-order valence-electron chi connectivity index (χ4n) is 1.62. The van der Waals surface area contributed by atoms with Crippen molar-refractivity contribution in [1.82, 2.24) is 15.3 Å². The first-order chi connectivity index (χ1) is 8.97. The Hall–Kier alpha value is -1.10. The van der Waals surface area contributed by atoms with Crippen molar-refractivity contribution < 1.29 is 4.39 Å². The fourth-order valence-corrected chi connectivity index (χ4v) is 2.10. The summed E-state index contributed by atoms with van der Waals surface area (Å²) in [6.07, 6.45) is 1.63. The van der Waals surface area contributed by atoms with Gasteiger partial charge in [0.1, 0.15) is 11.6 Å². The molecule has 1 heterocycles. The number of nitrogens with one attached hydrogen (secondary N) is 2. The van der Waals surface area contributed by atoms with Gasteiger partial charge in [-0.15, -0.1) is 0 Å². The number of rotatable bonds is 4. The Kier molecular flexibility index (Phi) is 4.45. The van der Waals surface area contributed by atoms with Gasteiger partial charge in [0.05, 0.1) is 28.5 Å². The largest absolute Gasteiger partial charge is 0.341 e. The van der Waals surface area contributed by atoms with E-state index in [2.05, 4.69) is 29.1 Å². The Morgan fingerprint density at radius 2 is 2.05 bits per heavy atom. The molecule has 0 atom stereocenters. The van der Waals surface area contributed by atoms with E-state index < -0.39 is 5.82 Å². The molecular weight excluding hydrogens is 288 g/mol. The minimum absolute atomic E-state index is 0.00923. The van der Waals surface area contributed by atoms with Crippen LogP contribution in [0.5, 0.6) is 0 Å². The van der Waals surface area contributed by atoms with Crippen LogP contribution in [-0.4, -0.2) is 16.0 Å². The summed E-state index contributed by atoms with van der Waals surface area (Å²) in [5, 5.41) is 3.64. The lowest BCUT2D eigenvalue weighted by molar-refractivity contribution is 0.575. The average Bonchev–Trinajstić information content (AvgIpc) is 2.80. The van der Waals surface area contributed by atoms with E-state index in [1.165, 1.54) is 12.1 Å². The molecule has 0 saturated heterocycles. The number of aromatic amines is 1. The smallest absolute Gasteiger partial charge is 0.142 e. The molecule has 1 aromatic carbocycles. The Morgan fingerprint density at radius 3 is 2.74 bits per heavy atom. The highest BCUT2D eigenvalue weighted by atomic mass is 35.5. The molecule has 0 amide bonds. The maximum absolute atomic E-state index is 13.5. The molecule has 0 bridgehead atoms. The predicted octanol–water partition coefficient (Wildman–Crippen LogP) is 4.02. The van der Waals surface area contributed by atoms with E-state index >= 15 is 0 Å². The number of aromatic nitrogens is 2. The lowest BCUT2D eigenvalue weighted by atomic mass is 10.1. The maximum atomic E-state index is 13.5. The molecule has 6 heteroatoms. The van der Waals surface area contributed by atoms with Gasteiger partial charge in [-0.25, -0.2) is 9.37 Å². The van der Waals surface area contributed by atoms with Crippen LogP contribution in [0.2, 0.25) is 10.0 Å². The zero-order chi connectivity index (χ0) is 14.0. The third-order valence-electron chi connectivity index (χ3n) is 2.61. The van der Waals surface area contributed by atoms with Crippen LogP contribution >= 0.6 is 23.2 Å². The molecule has 0 fully saturated rings. The van der Waals surface area contributed by atoms with Crippen LogP contribution in [0, 0.1) is 5.82 Å². The monoisotopic (exact) mass is 301 g/mol. The minimum Gasteiger partial charge on any atom is -0.341 e. The summed E-state index contributed by atoms with van der Waals surface area (Å²) in [6.45, 7) is 4.72. The molecule has 2 N–H and O–H groups in total. The molecule has 2 rings (SSSR count). The number of halogens is 3. The van der Waals surface area contributed by atoms with Gasteiger partial charge >= 0.3 is 0 Å². The number of imidazole rings is 1. The fraction of sp³-hybridized carbons (Fsp3) is 0.308. The lowest BCUT2D eigenvalue weighted by Gasteiger charge is -2.05. The van der Waals surface area contributed by atoms with Crippen LogP contribution < -0.4 is 5.32 Å². The highest BCUT2D eigenvalue weighted by molar-refractivity contribution is 6.36. The van der Waals surface area contributed by atoms with Crippen LogP contribution in [0.15, 0.2) is 18.3 Å². The lowest BCUT2D eigenvalue weighted by Crippen LogP contribution is -2.22. The van der Waals surface area contributed by atoms with Crippen molar-refractivity contribution in [3.05, 3.63) is 40.0 Å². The van der Waals surface area contributed by atoms with Gasteiger partial charge in [0.2, 0.25) is 0 Å². The molecule has 0 spiro atoms. The first kappa shape index (κ1) is 14.3. The number of H-pyrrole nitrogens is 1. The Balaban J connectivity index is 2.25. The van der Waals surface area contributed by atoms with E-state index in [0.717, 1.165) is 5.82 Å². The molecule has 1 aromatic heterocycles. The van der Waals surface area contributed by atoms with E-state index in [0.29, 0.717) is 28.9 Å². The van der Waals surface area contributed by atoms with E-state index in [1.807, 2.05) is 0 Å². The predicted molar refractivity (Wildman–Crippen MR) is 76.0 cm³/mol. The van der Waals surface area contributed by atoms with E-state index in [4.69, 9.17) is 23.2 Å². The minimum atomic E-state index is -0.502. The van der Waals surface area contributed by atoms with Crippen LogP contribution in [0.3, 0.4) is 0 Å². The van der Waals surface area contributed by atoms with Crippen molar-refractivity contribution in [1.29, 1.82) is 0 Å². The summed E-state index contributed by atoms with van der Waals surface area (Å²) >= 11 is 11.7. The summed E-state index contributed by atoms with van der Waals surface area (Å²) in [5.41, 5.74) is 1.22. The number of hydrogen-bond donors (Lipinski definition) is 2. The number of benzene rings is 1. The molecular formula is C13H14Cl2FN3. The van der Waals surface area contributed by atoms with Crippen LogP contribution in [0.4, 0.5) is 4.39 Å². The molecule has 0 radical (unpaired) electrons. The van der Waals surface area contributed by atoms with Crippen LogP contribution in [0.25, 0.3) is 11.3 Å². The van der Waals surface area contributed by atoms with E-state index in [1.54, 1.807) is 6.20 Å². The molecule has 2 aromatic rings. The zero-order valence-electron chi connectivity index (χ0n) is 10.6. The summed E-state index contributed by atoms with van der Waals surface area (Å²) < 4.78 is 13.5. The molecule has 102 valence electrons. The van der Waals surface area contributed by atoms with E-state index in [-0.39, 0.29) is 5.02 Å². The van der Waals surface area contributed by atoms with Gasteiger partial charge in [0.15, 0.2) is 0 Å². The average molecular weight is 302 g/mol. The van der Waals surface area contributed by atoms with Gasteiger partial charge in [-0.1, -0.05) is 37.0 Å². The van der Waals surface area contributed by atoms with Gasteiger partial charge in [-0.3, -0.25) is 0 Å². The van der Waals surface area contributed by atoms with Crippen molar-refractivity contribution in [3.8, 4) is 11.3 Å². The molecule has 19 heavy (non-hydrogen) atoms. The second kappa shape index (κ2) is 5.90. The number of nitrogens with zero attached hydrogens (tertiary/aromatic N) is 1. The van der Waals surface area contributed by atoms with Crippen molar-refractivity contribution in [2.24, 2.45) is 0 Å². The molecule has 0 saturated carbocycles. The molecule has 0 aliphatic carbocycles. The van der Waals surface area contributed by atoms with Gasteiger partial charge in [-0.2, -0.15) is 0 Å². The summed E-state index contributed by atoms with van der Waals surface area (Å²) in [5.74, 6) is 0.271. The quantitative estimate of drug-likeness (QED) is 0.837. The SMILES string of the molecule is CC(C)NCc1ncc(-c2cc(F)c(Cl)cc2Cl)[nH]1. The molecule has 3 nitrogen and oxygen atoms in total. The third kappa shape index (κ3) is 3.47. The third-order valence-corrected chi connectivity index (χ3v) is 3.21. The molecule has 0 aliphatic rings. The van der Waals surface area contributed by atoms with Gasteiger partial charge < -0.3 is 10.3 Å². The summed E-state index contributed by atoms with van der Waals surface area (Å²) in [7, 11) is 0. The maximum Gasteiger partial charge on any atom is 0.142 e. The summed E-state index contributed by atoms with van der Waals surface area (Å²) in [6, 6.07) is 3.06. The Bertz CT molecular complexity index is 581. The van der Waals surface area contributed by atoms with Crippen LogP contribution in [-0.2, 0) is 6.54 Å². The van der Waals surface area contributed by atoms with Gasteiger partial charge in [0, 0.05) is 11.6 Å². The molecule has 0 unspecified atom stereocenters. The van der Waals surface area contributed by atoms with Crippen molar-refractivity contribution in [2.45, 2.75) is 26.4 Å². The standard InChI is InChI=1S/C13H14Cl2FN3/c1-7(2)17-6-13-18-5-12(19-13)8-3-11(16)10(15)4-9(8)14/h3-5,7,17H,6H2,1-2H3,(H,18,19). The van der Waals surface area contributed by atoms with Crippen molar-refractivity contribution >= 4 is 23.2 Å². The normalized spacial score (nSPS) is 11.3.